The molecule has 1 aliphatic heterocycles. The Morgan fingerprint density at radius 3 is 2.50 bits per heavy atom. The number of cyclic esters (lactones) is 1. The van der Waals surface area contributed by atoms with Crippen LogP contribution in [0.15, 0.2) is 24.3 Å². The standard InChI is InChI=1S/C21H41N5O6.C8H6O2/c1-4-6-11-21(23,19(30)24-13-10-15(3)14-17(27)32-5-2)26-20(31)25-16(18(28)29)9-7-8-12-22;9-8-7-3-1-2-6(4-7)5-10-8/h15-16H,4-14,22-23H2,1-3H3,(H,24,30)(H,28,29)(H2,25,26,31);1-4H,5H2. The van der Waals surface area contributed by atoms with Crippen molar-refractivity contribution in [2.45, 2.75) is 90.4 Å². The molecule has 13 nitrogen and oxygen atoms in total. The number of benzene rings is 1. The molecule has 2 bridgehead atoms. The third-order valence-corrected chi connectivity index (χ3v) is 6.49. The van der Waals surface area contributed by atoms with Gasteiger partial charge in [0.1, 0.15) is 12.6 Å². The molecule has 42 heavy (non-hydrogen) atoms. The Morgan fingerprint density at radius 2 is 1.88 bits per heavy atom. The van der Waals surface area contributed by atoms with E-state index in [1.54, 1.807) is 13.0 Å². The first kappa shape index (κ1) is 36.3. The summed E-state index contributed by atoms with van der Waals surface area (Å²) in [6, 6.07) is 5.48. The lowest BCUT2D eigenvalue weighted by Crippen LogP contribution is -2.67. The summed E-state index contributed by atoms with van der Waals surface area (Å²) in [5.74, 6) is -2.25. The molecule has 0 aromatic heterocycles. The van der Waals surface area contributed by atoms with E-state index < -0.39 is 29.6 Å². The summed E-state index contributed by atoms with van der Waals surface area (Å²) in [6.07, 6.45) is 3.70. The van der Waals surface area contributed by atoms with Crippen molar-refractivity contribution < 1.29 is 38.6 Å². The van der Waals surface area contributed by atoms with Gasteiger partial charge >= 0.3 is 23.9 Å². The van der Waals surface area contributed by atoms with E-state index in [1.165, 1.54) is 0 Å². The molecule has 3 atom stereocenters. The van der Waals surface area contributed by atoms with Crippen molar-refractivity contribution in [1.82, 2.24) is 16.0 Å². The van der Waals surface area contributed by atoms with Gasteiger partial charge in [-0.2, -0.15) is 0 Å². The SMILES string of the molecule is CCCCC(N)(NC(=O)NC(CCCCN)C(=O)O)C(=O)NCCC(C)CC(=O)OCC.O=C1OCc2cccc1c2. The number of fused-ring (bicyclic) bond motifs is 2. The van der Waals surface area contributed by atoms with Gasteiger partial charge in [0, 0.05) is 13.0 Å². The van der Waals surface area contributed by atoms with Crippen LogP contribution in [0.2, 0.25) is 0 Å². The zero-order valence-corrected chi connectivity index (χ0v) is 24.9. The lowest BCUT2D eigenvalue weighted by Gasteiger charge is -2.30. The number of rotatable bonds is 17. The van der Waals surface area contributed by atoms with E-state index in [4.69, 9.17) is 20.9 Å². The van der Waals surface area contributed by atoms with Crippen molar-refractivity contribution in [2.75, 3.05) is 19.7 Å². The molecule has 0 fully saturated rings. The number of hydrogen-bond donors (Lipinski definition) is 6. The summed E-state index contributed by atoms with van der Waals surface area (Å²) in [5, 5.41) is 16.8. The predicted molar refractivity (Wildman–Crippen MR) is 156 cm³/mol. The first-order valence-corrected chi connectivity index (χ1v) is 14.5. The normalized spacial score (nSPS) is 14.5. The summed E-state index contributed by atoms with van der Waals surface area (Å²) in [7, 11) is 0. The molecular weight excluding hydrogens is 546 g/mol. The van der Waals surface area contributed by atoms with Gasteiger partial charge < -0.3 is 42.0 Å². The molecular formula is C29H47N5O8. The highest BCUT2D eigenvalue weighted by Gasteiger charge is 2.36. The molecule has 3 unspecified atom stereocenters. The van der Waals surface area contributed by atoms with E-state index in [0.717, 1.165) is 12.0 Å². The highest BCUT2D eigenvalue weighted by atomic mass is 16.5. The molecule has 3 amide bonds. The smallest absolute Gasteiger partial charge is 0.338 e. The average Bonchev–Trinajstić information content (AvgIpc) is 2.94. The van der Waals surface area contributed by atoms with E-state index in [9.17, 15) is 29.1 Å². The van der Waals surface area contributed by atoms with Crippen LogP contribution >= 0.6 is 0 Å². The summed E-state index contributed by atoms with van der Waals surface area (Å²) in [4.78, 5) is 58.9. The summed E-state index contributed by atoms with van der Waals surface area (Å²) in [6.45, 7) is 6.98. The fourth-order valence-corrected chi connectivity index (χ4v) is 4.05. The molecule has 1 aromatic carbocycles. The number of nitrogens with one attached hydrogen (secondary N) is 3. The van der Waals surface area contributed by atoms with Crippen LogP contribution < -0.4 is 27.4 Å². The molecule has 1 heterocycles. The fourth-order valence-electron chi connectivity index (χ4n) is 4.05. The van der Waals surface area contributed by atoms with Crippen molar-refractivity contribution in [3.05, 3.63) is 35.4 Å². The predicted octanol–water partition coefficient (Wildman–Crippen LogP) is 2.17. The molecule has 0 saturated carbocycles. The minimum atomic E-state index is -1.69. The lowest BCUT2D eigenvalue weighted by atomic mass is 10.0. The Labute approximate surface area is 247 Å². The van der Waals surface area contributed by atoms with Crippen LogP contribution in [-0.2, 0) is 30.5 Å². The quantitative estimate of drug-likeness (QED) is 0.0880. The molecule has 1 aromatic rings. The molecule has 0 spiro atoms. The molecule has 0 radical (unpaired) electrons. The number of amides is 3. The number of carboxylic acids is 1. The molecule has 0 saturated heterocycles. The Bertz CT molecular complexity index is 1040. The minimum Gasteiger partial charge on any atom is -0.480 e. The largest absolute Gasteiger partial charge is 0.480 e. The zero-order chi connectivity index (χ0) is 31.5. The van der Waals surface area contributed by atoms with Crippen LogP contribution in [-0.4, -0.2) is 66.4 Å². The molecule has 13 heteroatoms. The second-order valence-electron chi connectivity index (χ2n) is 10.3. The number of carbonyl (C=O) groups is 5. The Morgan fingerprint density at radius 1 is 1.14 bits per heavy atom. The molecule has 0 aliphatic carbocycles. The number of aliphatic carboxylic acids is 1. The Kier molecular flexibility index (Phi) is 16.8. The van der Waals surface area contributed by atoms with Gasteiger partial charge in [0.15, 0.2) is 5.66 Å². The maximum Gasteiger partial charge on any atom is 0.338 e. The molecule has 1 aliphatic rings. The number of unbranched alkanes of at least 4 members (excludes halogenated alkanes) is 2. The topological polar surface area (TPSA) is 212 Å². The van der Waals surface area contributed by atoms with Crippen molar-refractivity contribution >= 4 is 29.8 Å². The van der Waals surface area contributed by atoms with Gasteiger partial charge in [-0.05, 0) is 75.6 Å². The maximum atomic E-state index is 12.7. The second-order valence-corrected chi connectivity index (χ2v) is 10.3. The summed E-state index contributed by atoms with van der Waals surface area (Å²) >= 11 is 0. The lowest BCUT2D eigenvalue weighted by molar-refractivity contribution is -0.144. The second kappa shape index (κ2) is 19.4. The van der Waals surface area contributed by atoms with Crippen molar-refractivity contribution in [3.63, 3.8) is 0 Å². The van der Waals surface area contributed by atoms with E-state index >= 15 is 0 Å². The van der Waals surface area contributed by atoms with E-state index in [-0.39, 0.29) is 43.7 Å². The molecule has 2 rings (SSSR count). The van der Waals surface area contributed by atoms with Crippen LogP contribution in [0, 0.1) is 5.92 Å². The van der Waals surface area contributed by atoms with Gasteiger partial charge in [-0.15, -0.1) is 0 Å². The van der Waals surface area contributed by atoms with Crippen LogP contribution in [0.1, 0.15) is 88.1 Å². The van der Waals surface area contributed by atoms with Crippen LogP contribution in [0.4, 0.5) is 4.79 Å². The zero-order valence-electron chi connectivity index (χ0n) is 24.9. The van der Waals surface area contributed by atoms with E-state index in [2.05, 4.69) is 16.0 Å². The van der Waals surface area contributed by atoms with E-state index in [0.29, 0.717) is 51.0 Å². The average molecular weight is 594 g/mol. The number of carbonyl (C=O) groups excluding carboxylic acids is 4. The van der Waals surface area contributed by atoms with Crippen LogP contribution in [0.3, 0.4) is 0 Å². The first-order chi connectivity index (χ1) is 19.9. The van der Waals surface area contributed by atoms with Gasteiger partial charge in [-0.1, -0.05) is 32.4 Å². The third kappa shape index (κ3) is 13.8. The van der Waals surface area contributed by atoms with Crippen molar-refractivity contribution in [3.8, 4) is 0 Å². The highest BCUT2D eigenvalue weighted by Crippen LogP contribution is 2.14. The maximum absolute atomic E-state index is 12.7. The summed E-state index contributed by atoms with van der Waals surface area (Å²) in [5.41, 5.74) is 11.7. The number of nitrogens with two attached hydrogens (primary N) is 2. The van der Waals surface area contributed by atoms with Crippen molar-refractivity contribution in [1.29, 1.82) is 0 Å². The monoisotopic (exact) mass is 593 g/mol. The highest BCUT2D eigenvalue weighted by molar-refractivity contribution is 5.91. The van der Waals surface area contributed by atoms with Gasteiger partial charge in [0.25, 0.3) is 5.91 Å². The Balaban J connectivity index is 0.000000723. The van der Waals surface area contributed by atoms with Crippen LogP contribution in [0.25, 0.3) is 0 Å². The molecule has 236 valence electrons. The number of hydrogen-bond acceptors (Lipinski definition) is 9. The van der Waals surface area contributed by atoms with Crippen molar-refractivity contribution in [2.24, 2.45) is 17.4 Å². The number of carboxylic acid groups (broad SMARTS) is 1. The third-order valence-electron chi connectivity index (χ3n) is 6.49. The van der Waals surface area contributed by atoms with Gasteiger partial charge in [-0.25, -0.2) is 14.4 Å². The summed E-state index contributed by atoms with van der Waals surface area (Å²) < 4.78 is 9.73. The molecule has 8 N–H and O–H groups in total. The minimum absolute atomic E-state index is 0.00160. The van der Waals surface area contributed by atoms with E-state index in [1.807, 2.05) is 32.0 Å². The van der Waals surface area contributed by atoms with Gasteiger partial charge in [0.05, 0.1) is 12.2 Å². The first-order valence-electron chi connectivity index (χ1n) is 14.5. The Hall–Kier alpha value is -3.71. The van der Waals surface area contributed by atoms with Gasteiger partial charge in [-0.3, -0.25) is 9.59 Å². The van der Waals surface area contributed by atoms with Crippen LogP contribution in [0.5, 0.6) is 0 Å². The van der Waals surface area contributed by atoms with Gasteiger partial charge in [0.2, 0.25) is 0 Å². The fraction of sp³-hybridized carbons (Fsp3) is 0.621. The number of ether oxygens (including phenoxy) is 2. The number of urea groups is 1. The number of esters is 2.